The summed E-state index contributed by atoms with van der Waals surface area (Å²) in [6.07, 6.45) is 0.530. The lowest BCUT2D eigenvalue weighted by Gasteiger charge is -1.90. The molecule has 0 aliphatic carbocycles. The van der Waals surface area contributed by atoms with Gasteiger partial charge in [0.2, 0.25) is 0 Å². The normalized spacial score (nSPS) is 8.44. The molecule has 1 radical (unpaired) electrons. The molecule has 49 valence electrons. The molecule has 9 heavy (non-hydrogen) atoms. The van der Waals surface area contributed by atoms with Crippen LogP contribution in [0, 0.1) is 6.42 Å². The van der Waals surface area contributed by atoms with E-state index in [1.165, 1.54) is 0 Å². The van der Waals surface area contributed by atoms with E-state index in [1.807, 2.05) is 0 Å². The molecule has 4 heteroatoms. The van der Waals surface area contributed by atoms with Crippen LogP contribution in [0.1, 0.15) is 0 Å². The van der Waals surface area contributed by atoms with Gasteiger partial charge in [-0.05, 0) is 0 Å². The molecule has 0 fully saturated rings. The largest absolute Gasteiger partial charge is 0.481 e. The van der Waals surface area contributed by atoms with E-state index in [2.05, 4.69) is 6.58 Å². The minimum Gasteiger partial charge on any atom is -0.481 e. The summed E-state index contributed by atoms with van der Waals surface area (Å²) in [6.45, 7) is 2.96. The SMILES string of the molecule is C=C([CH]C(=O)O)C(=O)O. The van der Waals surface area contributed by atoms with E-state index in [-0.39, 0.29) is 0 Å². The van der Waals surface area contributed by atoms with Crippen molar-refractivity contribution in [2.75, 3.05) is 0 Å². The predicted molar refractivity (Wildman–Crippen MR) is 28.7 cm³/mol. The molecule has 0 aliphatic heterocycles. The van der Waals surface area contributed by atoms with Gasteiger partial charge in [0.05, 0.1) is 0 Å². The Morgan fingerprint density at radius 3 is 1.89 bits per heavy atom. The molecule has 0 aromatic carbocycles. The Labute approximate surface area is 51.4 Å². The van der Waals surface area contributed by atoms with Crippen molar-refractivity contribution in [3.63, 3.8) is 0 Å². The van der Waals surface area contributed by atoms with Gasteiger partial charge < -0.3 is 10.2 Å². The van der Waals surface area contributed by atoms with Gasteiger partial charge in [0.25, 0.3) is 0 Å². The lowest BCUT2D eigenvalue weighted by Crippen LogP contribution is -2.05. The van der Waals surface area contributed by atoms with Gasteiger partial charge in [-0.15, -0.1) is 0 Å². The highest BCUT2D eigenvalue weighted by molar-refractivity contribution is 5.97. The molecule has 0 bridgehead atoms. The average molecular weight is 129 g/mol. The molecular formula is C5H5O4. The van der Waals surface area contributed by atoms with Crippen LogP contribution in [0.3, 0.4) is 0 Å². The first-order valence-corrected chi connectivity index (χ1v) is 2.04. The second-order valence-corrected chi connectivity index (χ2v) is 1.31. The number of carboxylic acids is 2. The van der Waals surface area contributed by atoms with E-state index in [0.717, 1.165) is 0 Å². The van der Waals surface area contributed by atoms with Crippen molar-refractivity contribution in [2.45, 2.75) is 0 Å². The van der Waals surface area contributed by atoms with Crippen molar-refractivity contribution < 1.29 is 19.8 Å². The van der Waals surface area contributed by atoms with E-state index in [0.29, 0.717) is 6.42 Å². The van der Waals surface area contributed by atoms with Gasteiger partial charge in [0.15, 0.2) is 0 Å². The second-order valence-electron chi connectivity index (χ2n) is 1.31. The summed E-state index contributed by atoms with van der Waals surface area (Å²) in [5.41, 5.74) is -0.428. The third-order valence-corrected chi connectivity index (χ3v) is 0.572. The van der Waals surface area contributed by atoms with Crippen LogP contribution in [0.2, 0.25) is 0 Å². The van der Waals surface area contributed by atoms with Gasteiger partial charge in [0, 0.05) is 5.57 Å². The van der Waals surface area contributed by atoms with Crippen molar-refractivity contribution in [1.29, 1.82) is 0 Å². The highest BCUT2D eigenvalue weighted by atomic mass is 16.4. The van der Waals surface area contributed by atoms with Crippen molar-refractivity contribution >= 4 is 11.9 Å². The summed E-state index contributed by atoms with van der Waals surface area (Å²) in [4.78, 5) is 19.6. The van der Waals surface area contributed by atoms with Gasteiger partial charge in [-0.2, -0.15) is 0 Å². The standard InChI is InChI=1S/C5H5O4/c1-3(5(8)9)2-4(6)7/h2H,1H2,(H,6,7)(H,8,9). The zero-order valence-corrected chi connectivity index (χ0v) is 4.50. The third kappa shape index (κ3) is 3.28. The molecular weight excluding hydrogens is 124 g/mol. The summed E-state index contributed by atoms with van der Waals surface area (Å²) in [5, 5.41) is 16.0. The van der Waals surface area contributed by atoms with Gasteiger partial charge in [0.1, 0.15) is 6.42 Å². The Kier molecular flexibility index (Phi) is 2.44. The van der Waals surface area contributed by atoms with Crippen LogP contribution in [0.5, 0.6) is 0 Å². The van der Waals surface area contributed by atoms with Gasteiger partial charge in [-0.1, -0.05) is 6.58 Å². The minimum atomic E-state index is -1.32. The number of carbonyl (C=O) groups is 2. The number of hydrogen-bond acceptors (Lipinski definition) is 2. The Hall–Kier alpha value is -1.32. The molecule has 0 heterocycles. The van der Waals surface area contributed by atoms with Crippen LogP contribution in [-0.2, 0) is 9.59 Å². The summed E-state index contributed by atoms with van der Waals surface area (Å²) in [6, 6.07) is 0. The molecule has 0 spiro atoms. The average Bonchev–Trinajstić information content (AvgIpc) is 1.63. The van der Waals surface area contributed by atoms with Crippen LogP contribution in [0.15, 0.2) is 12.2 Å². The topological polar surface area (TPSA) is 74.6 Å². The van der Waals surface area contributed by atoms with E-state index in [4.69, 9.17) is 10.2 Å². The molecule has 0 aromatic rings. The maximum Gasteiger partial charge on any atom is 0.331 e. The monoisotopic (exact) mass is 129 g/mol. The van der Waals surface area contributed by atoms with Crippen LogP contribution in [-0.4, -0.2) is 22.2 Å². The number of carboxylic acid groups (broad SMARTS) is 2. The molecule has 0 saturated heterocycles. The Bertz CT molecular complexity index is 158. The molecule has 0 unspecified atom stereocenters. The lowest BCUT2D eigenvalue weighted by molar-refractivity contribution is -0.136. The molecule has 0 saturated carbocycles. The second kappa shape index (κ2) is 2.86. The maximum atomic E-state index is 9.84. The van der Waals surface area contributed by atoms with Crippen LogP contribution in [0.4, 0.5) is 0 Å². The molecule has 4 nitrogen and oxygen atoms in total. The van der Waals surface area contributed by atoms with Gasteiger partial charge in [-0.25, -0.2) is 4.79 Å². The van der Waals surface area contributed by atoms with Crippen molar-refractivity contribution in [3.8, 4) is 0 Å². The third-order valence-electron chi connectivity index (χ3n) is 0.572. The molecule has 0 amide bonds. The number of hydrogen-bond donors (Lipinski definition) is 2. The first-order valence-electron chi connectivity index (χ1n) is 2.04. The Morgan fingerprint density at radius 1 is 1.33 bits per heavy atom. The van der Waals surface area contributed by atoms with Crippen molar-refractivity contribution in [1.82, 2.24) is 0 Å². The van der Waals surface area contributed by atoms with E-state index in [1.54, 1.807) is 0 Å². The van der Waals surface area contributed by atoms with Gasteiger partial charge in [-0.3, -0.25) is 4.79 Å². The fourth-order valence-electron chi connectivity index (χ4n) is 0.211. The molecule has 2 N–H and O–H groups in total. The number of rotatable bonds is 3. The minimum absolute atomic E-state index is 0.428. The predicted octanol–water partition coefficient (Wildman–Crippen LogP) is -0.0839. The summed E-state index contributed by atoms with van der Waals surface area (Å²) < 4.78 is 0. The Balaban J connectivity index is 3.79. The fourth-order valence-corrected chi connectivity index (χ4v) is 0.211. The maximum absolute atomic E-state index is 9.84. The van der Waals surface area contributed by atoms with Crippen molar-refractivity contribution in [3.05, 3.63) is 18.6 Å². The zero-order chi connectivity index (χ0) is 7.44. The summed E-state index contributed by atoms with van der Waals surface area (Å²) in [5.74, 6) is -2.63. The van der Waals surface area contributed by atoms with Crippen LogP contribution in [0.25, 0.3) is 0 Å². The zero-order valence-electron chi connectivity index (χ0n) is 4.50. The highest BCUT2D eigenvalue weighted by Gasteiger charge is 2.08. The van der Waals surface area contributed by atoms with E-state index < -0.39 is 17.5 Å². The highest BCUT2D eigenvalue weighted by Crippen LogP contribution is 1.94. The summed E-state index contributed by atoms with van der Waals surface area (Å²) in [7, 11) is 0. The van der Waals surface area contributed by atoms with E-state index in [9.17, 15) is 9.59 Å². The lowest BCUT2D eigenvalue weighted by atomic mass is 10.2. The Morgan fingerprint density at radius 2 is 1.78 bits per heavy atom. The molecule has 0 atom stereocenters. The summed E-state index contributed by atoms with van der Waals surface area (Å²) >= 11 is 0. The number of aliphatic carboxylic acids is 2. The first-order chi connectivity index (χ1) is 4.04. The molecule has 0 rings (SSSR count). The molecule has 0 aliphatic rings. The smallest absolute Gasteiger partial charge is 0.331 e. The quantitative estimate of drug-likeness (QED) is 0.522. The molecule has 0 aromatic heterocycles. The van der Waals surface area contributed by atoms with Gasteiger partial charge >= 0.3 is 11.9 Å². The van der Waals surface area contributed by atoms with Crippen LogP contribution < -0.4 is 0 Å². The van der Waals surface area contributed by atoms with E-state index >= 15 is 0 Å². The van der Waals surface area contributed by atoms with Crippen LogP contribution >= 0.6 is 0 Å². The van der Waals surface area contributed by atoms with Crippen molar-refractivity contribution in [2.24, 2.45) is 0 Å². The first kappa shape index (κ1) is 7.68. The fraction of sp³-hybridized carbons (Fsp3) is 0.